The van der Waals surface area contributed by atoms with E-state index in [-0.39, 0.29) is 18.5 Å². The summed E-state index contributed by atoms with van der Waals surface area (Å²) in [7, 11) is 0. The van der Waals surface area contributed by atoms with E-state index >= 15 is 0 Å². The predicted molar refractivity (Wildman–Crippen MR) is 97.0 cm³/mol. The lowest BCUT2D eigenvalue weighted by Crippen LogP contribution is -2.52. The van der Waals surface area contributed by atoms with Gasteiger partial charge in [0, 0.05) is 38.9 Å². The molecule has 8 nitrogen and oxygen atoms in total. The number of piperazine rings is 1. The van der Waals surface area contributed by atoms with Gasteiger partial charge in [-0.05, 0) is 19.1 Å². The van der Waals surface area contributed by atoms with Crippen LogP contribution in [0.5, 0.6) is 5.75 Å². The Morgan fingerprint density at radius 1 is 1.12 bits per heavy atom. The number of aryl methyl sites for hydroxylation is 1. The van der Waals surface area contributed by atoms with E-state index in [0.717, 1.165) is 6.54 Å². The Bertz CT molecular complexity index is 738. The number of anilines is 1. The molecule has 138 valence electrons. The lowest BCUT2D eigenvalue weighted by molar-refractivity contribution is -0.134. The SMILES string of the molecule is CCn1cc(NC(=O)N2CCN(C(=O)COc3ccccc3)CC2)cn1. The van der Waals surface area contributed by atoms with Crippen molar-refractivity contribution in [1.29, 1.82) is 0 Å². The van der Waals surface area contributed by atoms with Gasteiger partial charge in [0.1, 0.15) is 5.75 Å². The van der Waals surface area contributed by atoms with E-state index in [9.17, 15) is 9.59 Å². The Morgan fingerprint density at radius 3 is 2.46 bits per heavy atom. The summed E-state index contributed by atoms with van der Waals surface area (Å²) in [5, 5.41) is 6.96. The average molecular weight is 357 g/mol. The smallest absolute Gasteiger partial charge is 0.322 e. The summed E-state index contributed by atoms with van der Waals surface area (Å²) in [4.78, 5) is 28.0. The topological polar surface area (TPSA) is 79.7 Å². The molecule has 3 amide bonds. The average Bonchev–Trinajstić information content (AvgIpc) is 3.14. The zero-order chi connectivity index (χ0) is 18.4. The first-order chi connectivity index (χ1) is 12.7. The molecule has 0 saturated carbocycles. The Hall–Kier alpha value is -3.03. The number of carbonyl (C=O) groups is 2. The van der Waals surface area contributed by atoms with Crippen molar-refractivity contribution in [3.8, 4) is 5.75 Å². The van der Waals surface area contributed by atoms with E-state index in [1.54, 1.807) is 26.9 Å². The molecule has 0 atom stereocenters. The second kappa shape index (κ2) is 8.37. The van der Waals surface area contributed by atoms with Crippen molar-refractivity contribution in [2.24, 2.45) is 0 Å². The van der Waals surface area contributed by atoms with Gasteiger partial charge in [0.25, 0.3) is 5.91 Å². The molecular formula is C18H23N5O3. The molecule has 1 saturated heterocycles. The quantitative estimate of drug-likeness (QED) is 0.883. The van der Waals surface area contributed by atoms with Crippen LogP contribution in [0, 0.1) is 0 Å². The third-order valence-electron chi connectivity index (χ3n) is 4.23. The number of carbonyl (C=O) groups excluding carboxylic acids is 2. The summed E-state index contributed by atoms with van der Waals surface area (Å²) in [5.74, 6) is 0.602. The van der Waals surface area contributed by atoms with Crippen LogP contribution in [0.15, 0.2) is 42.7 Å². The third-order valence-corrected chi connectivity index (χ3v) is 4.23. The zero-order valence-electron chi connectivity index (χ0n) is 14.8. The van der Waals surface area contributed by atoms with Crippen LogP contribution in [-0.2, 0) is 11.3 Å². The van der Waals surface area contributed by atoms with E-state index < -0.39 is 0 Å². The van der Waals surface area contributed by atoms with Crippen LogP contribution in [0.3, 0.4) is 0 Å². The molecule has 0 spiro atoms. The van der Waals surface area contributed by atoms with Crippen LogP contribution in [-0.4, -0.2) is 64.3 Å². The summed E-state index contributed by atoms with van der Waals surface area (Å²) in [5.41, 5.74) is 0.673. The molecule has 2 aromatic rings. The zero-order valence-corrected chi connectivity index (χ0v) is 14.8. The Morgan fingerprint density at radius 2 is 1.81 bits per heavy atom. The molecule has 1 aliphatic heterocycles. The fraction of sp³-hybridized carbons (Fsp3) is 0.389. The number of rotatable bonds is 5. The van der Waals surface area contributed by atoms with Crippen molar-refractivity contribution in [1.82, 2.24) is 19.6 Å². The standard InChI is InChI=1S/C18H23N5O3/c1-2-23-13-15(12-19-23)20-18(25)22-10-8-21(9-11-22)17(24)14-26-16-6-4-3-5-7-16/h3-7,12-13H,2,8-11,14H2,1H3,(H,20,25). The monoisotopic (exact) mass is 357 g/mol. The van der Waals surface area contributed by atoms with Crippen LogP contribution < -0.4 is 10.1 Å². The van der Waals surface area contributed by atoms with Crippen molar-refractivity contribution in [2.45, 2.75) is 13.5 Å². The number of ether oxygens (including phenoxy) is 1. The van der Waals surface area contributed by atoms with Gasteiger partial charge in [-0.2, -0.15) is 5.10 Å². The van der Waals surface area contributed by atoms with Crippen molar-refractivity contribution in [2.75, 3.05) is 38.1 Å². The van der Waals surface area contributed by atoms with Gasteiger partial charge < -0.3 is 19.9 Å². The van der Waals surface area contributed by atoms with Crippen LogP contribution in [0.4, 0.5) is 10.5 Å². The second-order valence-corrected chi connectivity index (χ2v) is 5.98. The summed E-state index contributed by atoms with van der Waals surface area (Å²) < 4.78 is 7.24. The molecule has 1 N–H and O–H groups in total. The molecule has 26 heavy (non-hydrogen) atoms. The number of aromatic nitrogens is 2. The Balaban J connectivity index is 1.43. The van der Waals surface area contributed by atoms with Crippen LogP contribution in [0.25, 0.3) is 0 Å². The normalized spacial score (nSPS) is 14.2. The second-order valence-electron chi connectivity index (χ2n) is 5.98. The molecule has 2 heterocycles. The molecule has 1 aromatic carbocycles. The highest BCUT2D eigenvalue weighted by Crippen LogP contribution is 2.11. The number of amides is 3. The molecule has 1 aromatic heterocycles. The fourth-order valence-electron chi connectivity index (χ4n) is 2.72. The Labute approximate surface area is 152 Å². The molecule has 0 aliphatic carbocycles. The van der Waals surface area contributed by atoms with Crippen molar-refractivity contribution in [3.05, 3.63) is 42.7 Å². The van der Waals surface area contributed by atoms with Crippen molar-refractivity contribution in [3.63, 3.8) is 0 Å². The van der Waals surface area contributed by atoms with E-state index in [1.165, 1.54) is 0 Å². The first-order valence-electron chi connectivity index (χ1n) is 8.69. The first-order valence-corrected chi connectivity index (χ1v) is 8.69. The molecule has 0 radical (unpaired) electrons. The molecule has 1 aliphatic rings. The highest BCUT2D eigenvalue weighted by atomic mass is 16.5. The number of nitrogens with one attached hydrogen (secondary N) is 1. The van der Waals surface area contributed by atoms with Crippen LogP contribution >= 0.6 is 0 Å². The fourth-order valence-corrected chi connectivity index (χ4v) is 2.72. The van der Waals surface area contributed by atoms with Gasteiger partial charge in [0.05, 0.1) is 11.9 Å². The number of hydrogen-bond acceptors (Lipinski definition) is 4. The Kier molecular flexibility index (Phi) is 5.73. The molecule has 8 heteroatoms. The van der Waals surface area contributed by atoms with E-state index in [1.807, 2.05) is 37.3 Å². The summed E-state index contributed by atoms with van der Waals surface area (Å²) in [6, 6.07) is 9.08. The number of para-hydroxylation sites is 1. The number of hydrogen-bond donors (Lipinski definition) is 1. The van der Waals surface area contributed by atoms with Gasteiger partial charge in [-0.1, -0.05) is 18.2 Å². The van der Waals surface area contributed by atoms with Gasteiger partial charge >= 0.3 is 6.03 Å². The minimum absolute atomic E-state index is 0.00636. The summed E-state index contributed by atoms with van der Waals surface area (Å²) in [6.07, 6.45) is 3.42. The van der Waals surface area contributed by atoms with E-state index in [0.29, 0.717) is 37.6 Å². The van der Waals surface area contributed by atoms with Crippen LogP contribution in [0.1, 0.15) is 6.92 Å². The molecule has 1 fully saturated rings. The van der Waals surface area contributed by atoms with Gasteiger partial charge in [0.2, 0.25) is 0 Å². The minimum atomic E-state index is -0.173. The third kappa shape index (κ3) is 4.53. The van der Waals surface area contributed by atoms with Crippen molar-refractivity contribution < 1.29 is 14.3 Å². The molecule has 0 unspecified atom stereocenters. The number of benzene rings is 1. The van der Waals surface area contributed by atoms with Gasteiger partial charge in [0.15, 0.2) is 6.61 Å². The number of urea groups is 1. The van der Waals surface area contributed by atoms with Crippen molar-refractivity contribution >= 4 is 17.6 Å². The molecule has 3 rings (SSSR count). The van der Waals surface area contributed by atoms with Gasteiger partial charge in [-0.25, -0.2) is 4.79 Å². The highest BCUT2D eigenvalue weighted by molar-refractivity contribution is 5.89. The minimum Gasteiger partial charge on any atom is -0.484 e. The first kappa shape index (κ1) is 17.8. The van der Waals surface area contributed by atoms with Gasteiger partial charge in [-0.3, -0.25) is 9.48 Å². The highest BCUT2D eigenvalue weighted by Gasteiger charge is 2.24. The molecule has 0 bridgehead atoms. The molecular weight excluding hydrogens is 334 g/mol. The maximum Gasteiger partial charge on any atom is 0.322 e. The lowest BCUT2D eigenvalue weighted by atomic mass is 10.3. The predicted octanol–water partition coefficient (Wildman–Crippen LogP) is 1.66. The van der Waals surface area contributed by atoms with Gasteiger partial charge in [-0.15, -0.1) is 0 Å². The van der Waals surface area contributed by atoms with Crippen LogP contribution in [0.2, 0.25) is 0 Å². The summed E-state index contributed by atoms with van der Waals surface area (Å²) in [6.45, 7) is 4.72. The number of nitrogens with zero attached hydrogens (tertiary/aromatic N) is 4. The maximum atomic E-state index is 12.3. The maximum absolute atomic E-state index is 12.3. The van der Waals surface area contributed by atoms with E-state index in [2.05, 4.69) is 10.4 Å². The summed E-state index contributed by atoms with van der Waals surface area (Å²) >= 11 is 0. The largest absolute Gasteiger partial charge is 0.484 e. The lowest BCUT2D eigenvalue weighted by Gasteiger charge is -2.34. The van der Waals surface area contributed by atoms with E-state index in [4.69, 9.17) is 4.74 Å².